The molecule has 0 saturated carbocycles. The second-order valence-corrected chi connectivity index (χ2v) is 9.21. The lowest BCUT2D eigenvalue weighted by molar-refractivity contribution is -0.137. The van der Waals surface area contributed by atoms with Crippen molar-refractivity contribution < 1.29 is 17.9 Å². The molecule has 1 N–H and O–H groups in total. The first kappa shape index (κ1) is 24.4. The number of hydrogen-bond acceptors (Lipinski definition) is 8. The van der Waals surface area contributed by atoms with Gasteiger partial charge in [-0.15, -0.1) is 0 Å². The van der Waals surface area contributed by atoms with Crippen molar-refractivity contribution in [3.63, 3.8) is 0 Å². The van der Waals surface area contributed by atoms with E-state index in [4.69, 9.17) is 9.72 Å². The first-order valence-corrected chi connectivity index (χ1v) is 12.2. The molecule has 2 aliphatic rings. The lowest BCUT2D eigenvalue weighted by atomic mass is 9.93. The zero-order chi connectivity index (χ0) is 25.1. The summed E-state index contributed by atoms with van der Waals surface area (Å²) < 4.78 is 45.1. The van der Waals surface area contributed by atoms with Gasteiger partial charge in [-0.05, 0) is 50.8 Å². The van der Waals surface area contributed by atoms with E-state index < -0.39 is 11.7 Å². The maximum atomic E-state index is 13.2. The summed E-state index contributed by atoms with van der Waals surface area (Å²) in [5, 5.41) is 2.98. The Bertz CT molecular complexity index is 1190. The Hall–Kier alpha value is -3.34. The van der Waals surface area contributed by atoms with Gasteiger partial charge < -0.3 is 15.0 Å². The molecule has 11 heteroatoms. The summed E-state index contributed by atoms with van der Waals surface area (Å²) in [6.07, 6.45) is 1.98. The lowest BCUT2D eigenvalue weighted by Crippen LogP contribution is -2.35. The van der Waals surface area contributed by atoms with E-state index in [1.165, 1.54) is 0 Å². The Kier molecular flexibility index (Phi) is 6.99. The van der Waals surface area contributed by atoms with Crippen molar-refractivity contribution in [3.05, 3.63) is 59.4 Å². The molecule has 2 saturated heterocycles. The summed E-state index contributed by atoms with van der Waals surface area (Å²) in [5.41, 5.74) is 1.16. The fraction of sp³-hybridized carbons (Fsp3) is 0.480. The molecule has 3 aromatic rings. The predicted molar refractivity (Wildman–Crippen MR) is 128 cm³/mol. The third kappa shape index (κ3) is 5.72. The summed E-state index contributed by atoms with van der Waals surface area (Å²) in [6, 6.07) is 5.73. The smallest absolute Gasteiger partial charge is 0.381 e. The summed E-state index contributed by atoms with van der Waals surface area (Å²) in [7, 11) is 0. The standard InChI is InChI=1S/C25H28F3N7O/c1-16-29-9-3-20(31-16)17-4-10-35(11-5-17)24-32-21(18-6-12-36-13-7-18)15-23(34-24)33-22-14-19(2-8-30-22)25(26,27)28/h2-3,8-9,14-15,17-18H,4-7,10-13H2,1H3,(H,30,32,33,34). The fourth-order valence-electron chi connectivity index (χ4n) is 4.74. The number of anilines is 3. The number of halogens is 3. The number of nitrogens with one attached hydrogen (secondary N) is 1. The van der Waals surface area contributed by atoms with Gasteiger partial charge in [-0.3, -0.25) is 0 Å². The van der Waals surface area contributed by atoms with E-state index in [0.29, 0.717) is 30.9 Å². The van der Waals surface area contributed by atoms with Crippen LogP contribution in [0.25, 0.3) is 0 Å². The molecule has 2 fully saturated rings. The summed E-state index contributed by atoms with van der Waals surface area (Å²) in [6.45, 7) is 4.72. The molecule has 5 rings (SSSR count). The van der Waals surface area contributed by atoms with E-state index >= 15 is 0 Å². The van der Waals surface area contributed by atoms with Gasteiger partial charge in [-0.25, -0.2) is 19.9 Å². The van der Waals surface area contributed by atoms with Crippen molar-refractivity contribution in [2.45, 2.75) is 50.6 Å². The quantitative estimate of drug-likeness (QED) is 0.524. The number of hydrogen-bond donors (Lipinski definition) is 1. The van der Waals surface area contributed by atoms with Crippen molar-refractivity contribution in [3.8, 4) is 0 Å². The first-order chi connectivity index (χ1) is 17.3. The number of ether oxygens (including phenoxy) is 1. The largest absolute Gasteiger partial charge is 0.416 e. The van der Waals surface area contributed by atoms with Crippen LogP contribution in [-0.2, 0) is 10.9 Å². The molecule has 190 valence electrons. The van der Waals surface area contributed by atoms with Crippen LogP contribution in [-0.4, -0.2) is 51.2 Å². The van der Waals surface area contributed by atoms with E-state index in [0.717, 1.165) is 74.3 Å². The minimum absolute atomic E-state index is 0.0882. The average molecular weight is 500 g/mol. The van der Waals surface area contributed by atoms with E-state index in [9.17, 15) is 13.2 Å². The van der Waals surface area contributed by atoms with Crippen LogP contribution in [0, 0.1) is 6.92 Å². The summed E-state index contributed by atoms with van der Waals surface area (Å²) >= 11 is 0. The normalized spacial score (nSPS) is 17.8. The molecule has 0 unspecified atom stereocenters. The van der Waals surface area contributed by atoms with Crippen molar-refractivity contribution >= 4 is 17.6 Å². The maximum Gasteiger partial charge on any atom is 0.416 e. The molecule has 0 spiro atoms. The lowest BCUT2D eigenvalue weighted by Gasteiger charge is -2.32. The second-order valence-electron chi connectivity index (χ2n) is 9.21. The van der Waals surface area contributed by atoms with Crippen LogP contribution in [0.2, 0.25) is 0 Å². The van der Waals surface area contributed by atoms with Crippen LogP contribution in [0.5, 0.6) is 0 Å². The molecule has 0 radical (unpaired) electrons. The van der Waals surface area contributed by atoms with Gasteiger partial charge in [0.15, 0.2) is 0 Å². The fourth-order valence-corrected chi connectivity index (χ4v) is 4.74. The highest BCUT2D eigenvalue weighted by atomic mass is 19.4. The zero-order valence-corrected chi connectivity index (χ0v) is 20.0. The summed E-state index contributed by atoms with van der Waals surface area (Å²) in [5.74, 6) is 2.41. The Labute approximate surface area is 207 Å². The van der Waals surface area contributed by atoms with Crippen molar-refractivity contribution in [1.82, 2.24) is 24.9 Å². The molecule has 0 atom stereocenters. The molecule has 0 aromatic carbocycles. The van der Waals surface area contributed by atoms with Crippen molar-refractivity contribution in [2.75, 3.05) is 36.5 Å². The van der Waals surface area contributed by atoms with Gasteiger partial charge >= 0.3 is 6.18 Å². The highest BCUT2D eigenvalue weighted by molar-refractivity contribution is 5.55. The van der Waals surface area contributed by atoms with Gasteiger partial charge in [0.25, 0.3) is 0 Å². The van der Waals surface area contributed by atoms with Crippen LogP contribution >= 0.6 is 0 Å². The number of aryl methyl sites for hydroxylation is 1. The third-order valence-electron chi connectivity index (χ3n) is 6.71. The van der Waals surface area contributed by atoms with E-state index in [1.54, 1.807) is 6.20 Å². The number of piperidine rings is 1. The maximum absolute atomic E-state index is 13.2. The monoisotopic (exact) mass is 499 g/mol. The van der Waals surface area contributed by atoms with Crippen molar-refractivity contribution in [1.29, 1.82) is 0 Å². The molecule has 0 bridgehead atoms. The molecular weight excluding hydrogens is 471 g/mol. The van der Waals surface area contributed by atoms with Gasteiger partial charge in [0, 0.05) is 62.3 Å². The molecule has 3 aromatic heterocycles. The number of alkyl halides is 3. The zero-order valence-electron chi connectivity index (χ0n) is 20.0. The minimum atomic E-state index is -4.45. The van der Waals surface area contributed by atoms with Crippen molar-refractivity contribution in [2.24, 2.45) is 0 Å². The van der Waals surface area contributed by atoms with Gasteiger partial charge in [-0.2, -0.15) is 18.2 Å². The molecular formula is C25H28F3N7O. The van der Waals surface area contributed by atoms with Crippen LogP contribution in [0.15, 0.2) is 36.7 Å². The topological polar surface area (TPSA) is 89.0 Å². The Morgan fingerprint density at radius 1 is 0.861 bits per heavy atom. The Balaban J connectivity index is 1.39. The summed E-state index contributed by atoms with van der Waals surface area (Å²) in [4.78, 5) is 24.5. The highest BCUT2D eigenvalue weighted by Crippen LogP contribution is 2.33. The van der Waals surface area contributed by atoms with Crippen LogP contribution in [0.4, 0.5) is 30.8 Å². The van der Waals surface area contributed by atoms with Crippen LogP contribution < -0.4 is 10.2 Å². The van der Waals surface area contributed by atoms with Gasteiger partial charge in [0.2, 0.25) is 5.95 Å². The third-order valence-corrected chi connectivity index (χ3v) is 6.71. The number of rotatable bonds is 5. The van der Waals surface area contributed by atoms with Crippen LogP contribution in [0.3, 0.4) is 0 Å². The van der Waals surface area contributed by atoms with Gasteiger partial charge in [-0.1, -0.05) is 0 Å². The molecule has 5 heterocycles. The van der Waals surface area contributed by atoms with E-state index in [-0.39, 0.29) is 11.7 Å². The van der Waals surface area contributed by atoms with Gasteiger partial charge in [0.05, 0.1) is 11.3 Å². The molecule has 36 heavy (non-hydrogen) atoms. The van der Waals surface area contributed by atoms with E-state index in [1.807, 2.05) is 19.1 Å². The SMILES string of the molecule is Cc1nccc(C2CCN(c3nc(Nc4cc(C(F)(F)F)ccn4)cc(C4CCOCC4)n3)CC2)n1. The molecule has 2 aliphatic heterocycles. The first-order valence-electron chi connectivity index (χ1n) is 12.2. The molecule has 0 amide bonds. The number of nitrogens with zero attached hydrogens (tertiary/aromatic N) is 6. The van der Waals surface area contributed by atoms with Gasteiger partial charge in [0.1, 0.15) is 17.5 Å². The second kappa shape index (κ2) is 10.3. The van der Waals surface area contributed by atoms with E-state index in [2.05, 4.69) is 30.2 Å². The Morgan fingerprint density at radius 3 is 2.31 bits per heavy atom. The number of aromatic nitrogens is 5. The number of pyridine rings is 1. The molecule has 8 nitrogen and oxygen atoms in total. The average Bonchev–Trinajstić information content (AvgIpc) is 2.89. The van der Waals surface area contributed by atoms with Crippen LogP contribution in [0.1, 0.15) is 60.3 Å². The highest BCUT2D eigenvalue weighted by Gasteiger charge is 2.31. The molecule has 0 aliphatic carbocycles. The Morgan fingerprint density at radius 2 is 1.58 bits per heavy atom. The predicted octanol–water partition coefficient (Wildman–Crippen LogP) is 5.01. The minimum Gasteiger partial charge on any atom is -0.381 e.